The molecule has 10 unspecified atom stereocenters. The van der Waals surface area contributed by atoms with Crippen molar-refractivity contribution in [2.45, 2.75) is 56.8 Å². The van der Waals surface area contributed by atoms with E-state index in [0.29, 0.717) is 12.5 Å². The highest BCUT2D eigenvalue weighted by atomic mass is 16.7. The maximum absolute atomic E-state index is 10.0. The molecule has 2 aliphatic heterocycles. The molecule has 3 aliphatic rings. The van der Waals surface area contributed by atoms with E-state index in [9.17, 15) is 25.5 Å². The highest BCUT2D eigenvalue weighted by Gasteiger charge is 2.48. The number of ether oxygens (including phenoxy) is 3. The van der Waals surface area contributed by atoms with Gasteiger partial charge in [-0.1, -0.05) is 6.92 Å². The molecule has 0 bridgehead atoms. The lowest BCUT2D eigenvalue weighted by Gasteiger charge is -2.42. The van der Waals surface area contributed by atoms with Crippen LogP contribution in [0.15, 0.2) is 0 Å². The van der Waals surface area contributed by atoms with Crippen LogP contribution in [0.1, 0.15) is 19.8 Å². The molecule has 2 saturated heterocycles. The minimum Gasteiger partial charge on any atom is -0.394 e. The SMILES string of the molecule is CC1CCC2C(COC3OC(CO)C(O)C(O)C3O)COC(O)C12. The minimum atomic E-state index is -1.44. The van der Waals surface area contributed by atoms with Crippen LogP contribution >= 0.6 is 0 Å². The van der Waals surface area contributed by atoms with Crippen LogP contribution in [0.3, 0.4) is 0 Å². The Balaban J connectivity index is 1.59. The Morgan fingerprint density at radius 2 is 1.79 bits per heavy atom. The van der Waals surface area contributed by atoms with Gasteiger partial charge in [0.05, 0.1) is 19.8 Å². The highest BCUT2D eigenvalue weighted by Crippen LogP contribution is 2.46. The number of rotatable bonds is 4. The number of fused-ring (bicyclic) bond motifs is 1. The summed E-state index contributed by atoms with van der Waals surface area (Å²) in [6.45, 7) is 2.25. The molecule has 0 spiro atoms. The molecule has 0 amide bonds. The van der Waals surface area contributed by atoms with E-state index in [2.05, 4.69) is 6.92 Å². The van der Waals surface area contributed by atoms with Gasteiger partial charge >= 0.3 is 0 Å². The molecule has 8 heteroatoms. The van der Waals surface area contributed by atoms with Crippen LogP contribution in [0.2, 0.25) is 0 Å². The van der Waals surface area contributed by atoms with Crippen molar-refractivity contribution in [1.82, 2.24) is 0 Å². The topological polar surface area (TPSA) is 129 Å². The summed E-state index contributed by atoms with van der Waals surface area (Å²) in [5.41, 5.74) is 0. The Bertz CT molecular complexity index is 417. The highest BCUT2D eigenvalue weighted by molar-refractivity contribution is 4.92. The summed E-state index contributed by atoms with van der Waals surface area (Å²) in [5.74, 6) is 0.826. The molecule has 0 aromatic carbocycles. The normalized spacial score (nSPS) is 52.2. The van der Waals surface area contributed by atoms with Gasteiger partial charge in [0.1, 0.15) is 24.4 Å². The Hall–Kier alpha value is -0.320. The summed E-state index contributed by atoms with van der Waals surface area (Å²) in [7, 11) is 0. The van der Waals surface area contributed by atoms with E-state index in [1.165, 1.54) is 0 Å². The average molecular weight is 348 g/mol. The van der Waals surface area contributed by atoms with Crippen molar-refractivity contribution < 1.29 is 39.7 Å². The minimum absolute atomic E-state index is 0.0655. The first-order valence-electron chi connectivity index (χ1n) is 8.65. The Kier molecular flexibility index (Phi) is 5.78. The fourth-order valence-corrected chi connectivity index (χ4v) is 4.36. The Labute approximate surface area is 141 Å². The van der Waals surface area contributed by atoms with Crippen LogP contribution in [0.5, 0.6) is 0 Å². The molecular weight excluding hydrogens is 320 g/mol. The summed E-state index contributed by atoms with van der Waals surface area (Å²) in [5, 5.41) is 48.8. The van der Waals surface area contributed by atoms with E-state index in [4.69, 9.17) is 14.2 Å². The van der Waals surface area contributed by atoms with Crippen LogP contribution in [0, 0.1) is 23.7 Å². The number of hydrogen-bond acceptors (Lipinski definition) is 8. The molecule has 5 N–H and O–H groups in total. The fourth-order valence-electron chi connectivity index (χ4n) is 4.36. The fraction of sp³-hybridized carbons (Fsp3) is 1.00. The van der Waals surface area contributed by atoms with E-state index >= 15 is 0 Å². The predicted molar refractivity (Wildman–Crippen MR) is 80.5 cm³/mol. The smallest absolute Gasteiger partial charge is 0.186 e. The second kappa shape index (κ2) is 7.51. The van der Waals surface area contributed by atoms with E-state index < -0.39 is 43.6 Å². The third-order valence-electron chi connectivity index (χ3n) is 5.85. The summed E-state index contributed by atoms with van der Waals surface area (Å²) in [6.07, 6.45) is -5.03. The van der Waals surface area contributed by atoms with Crippen molar-refractivity contribution in [2.75, 3.05) is 19.8 Å². The lowest BCUT2D eigenvalue weighted by atomic mass is 9.79. The van der Waals surface area contributed by atoms with Gasteiger partial charge in [-0.15, -0.1) is 0 Å². The first-order valence-corrected chi connectivity index (χ1v) is 8.65. The molecule has 0 aromatic heterocycles. The zero-order valence-electron chi connectivity index (χ0n) is 13.8. The van der Waals surface area contributed by atoms with E-state index in [1.807, 2.05) is 0 Å². The summed E-state index contributed by atoms with van der Waals surface area (Å²) < 4.78 is 16.5. The van der Waals surface area contributed by atoms with E-state index in [-0.39, 0.29) is 24.4 Å². The van der Waals surface area contributed by atoms with Gasteiger partial charge in [-0.3, -0.25) is 0 Å². The lowest BCUT2D eigenvalue weighted by molar-refractivity contribution is -0.307. The molecular formula is C16H28O8. The molecule has 0 aromatic rings. The molecule has 1 saturated carbocycles. The zero-order chi connectivity index (χ0) is 17.4. The Morgan fingerprint density at radius 1 is 1.04 bits per heavy atom. The van der Waals surface area contributed by atoms with Gasteiger partial charge in [0.15, 0.2) is 12.6 Å². The van der Waals surface area contributed by atoms with Crippen molar-refractivity contribution in [3.05, 3.63) is 0 Å². The van der Waals surface area contributed by atoms with Crippen molar-refractivity contribution in [3.8, 4) is 0 Å². The number of aliphatic hydroxyl groups is 5. The van der Waals surface area contributed by atoms with E-state index in [1.54, 1.807) is 0 Å². The molecule has 1 aliphatic carbocycles. The summed E-state index contributed by atoms with van der Waals surface area (Å²) >= 11 is 0. The van der Waals surface area contributed by atoms with Crippen LogP contribution in [-0.4, -0.2) is 82.3 Å². The van der Waals surface area contributed by atoms with Gasteiger partial charge in [-0.25, -0.2) is 0 Å². The maximum Gasteiger partial charge on any atom is 0.186 e. The van der Waals surface area contributed by atoms with Crippen molar-refractivity contribution >= 4 is 0 Å². The quantitative estimate of drug-likeness (QED) is 0.412. The van der Waals surface area contributed by atoms with Crippen LogP contribution in [0.4, 0.5) is 0 Å². The molecule has 24 heavy (non-hydrogen) atoms. The van der Waals surface area contributed by atoms with Crippen LogP contribution < -0.4 is 0 Å². The standard InChI is InChI=1S/C16H28O8/c1-7-2-3-9-8(5-22-15(21)11(7)9)6-23-16-14(20)13(19)12(18)10(4-17)24-16/h7-21H,2-6H2,1H3. The van der Waals surface area contributed by atoms with Crippen molar-refractivity contribution in [1.29, 1.82) is 0 Å². The monoisotopic (exact) mass is 348 g/mol. The number of aliphatic hydroxyl groups excluding tert-OH is 5. The van der Waals surface area contributed by atoms with Crippen molar-refractivity contribution in [3.63, 3.8) is 0 Å². The summed E-state index contributed by atoms with van der Waals surface area (Å²) in [6, 6.07) is 0. The third-order valence-corrected chi connectivity index (χ3v) is 5.85. The van der Waals surface area contributed by atoms with Gasteiger partial charge in [0.2, 0.25) is 0 Å². The summed E-state index contributed by atoms with van der Waals surface area (Å²) in [4.78, 5) is 0. The van der Waals surface area contributed by atoms with E-state index in [0.717, 1.165) is 12.8 Å². The second-order valence-corrected chi connectivity index (χ2v) is 7.31. The lowest BCUT2D eigenvalue weighted by Crippen LogP contribution is -2.59. The zero-order valence-corrected chi connectivity index (χ0v) is 13.8. The van der Waals surface area contributed by atoms with Gasteiger partial charge < -0.3 is 39.7 Å². The molecule has 8 nitrogen and oxygen atoms in total. The van der Waals surface area contributed by atoms with Gasteiger partial charge in [-0.2, -0.15) is 0 Å². The van der Waals surface area contributed by atoms with Gasteiger partial charge in [0, 0.05) is 11.8 Å². The number of hydrogen-bond donors (Lipinski definition) is 5. The third kappa shape index (κ3) is 3.34. The molecule has 0 radical (unpaired) electrons. The Morgan fingerprint density at radius 3 is 2.50 bits per heavy atom. The average Bonchev–Trinajstić information content (AvgIpc) is 2.97. The first kappa shape index (κ1) is 18.5. The largest absolute Gasteiger partial charge is 0.394 e. The van der Waals surface area contributed by atoms with Crippen LogP contribution in [0.25, 0.3) is 0 Å². The van der Waals surface area contributed by atoms with Crippen LogP contribution in [-0.2, 0) is 14.2 Å². The molecule has 2 heterocycles. The van der Waals surface area contributed by atoms with Gasteiger partial charge in [-0.05, 0) is 24.7 Å². The maximum atomic E-state index is 10.0. The predicted octanol–water partition coefficient (Wildman–Crippen LogP) is -1.57. The molecule has 140 valence electrons. The van der Waals surface area contributed by atoms with Gasteiger partial charge in [0.25, 0.3) is 0 Å². The first-order chi connectivity index (χ1) is 11.4. The second-order valence-electron chi connectivity index (χ2n) is 7.31. The van der Waals surface area contributed by atoms with Crippen molar-refractivity contribution in [2.24, 2.45) is 23.7 Å². The molecule has 3 rings (SSSR count). The molecule has 3 fully saturated rings. The molecule has 10 atom stereocenters.